The zero-order valence-corrected chi connectivity index (χ0v) is 12.8. The van der Waals surface area contributed by atoms with E-state index in [1.165, 1.54) is 5.56 Å². The maximum atomic E-state index is 6.18. The van der Waals surface area contributed by atoms with Crippen molar-refractivity contribution in [3.8, 4) is 5.75 Å². The maximum absolute atomic E-state index is 6.18. The van der Waals surface area contributed by atoms with Gasteiger partial charge in [0.15, 0.2) is 0 Å². The lowest BCUT2D eigenvalue weighted by Gasteiger charge is -2.35. The second kappa shape index (κ2) is 7.67. The molecule has 1 heterocycles. The van der Waals surface area contributed by atoms with E-state index in [0.29, 0.717) is 6.04 Å². The van der Waals surface area contributed by atoms with Crippen molar-refractivity contribution in [2.45, 2.75) is 18.9 Å². The van der Waals surface area contributed by atoms with Crippen LogP contribution in [0.5, 0.6) is 5.75 Å². The summed E-state index contributed by atoms with van der Waals surface area (Å²) in [4.78, 5) is 2.51. The van der Waals surface area contributed by atoms with Crippen LogP contribution in [0.1, 0.15) is 24.4 Å². The molecule has 0 aliphatic carbocycles. The van der Waals surface area contributed by atoms with Crippen LogP contribution in [0.3, 0.4) is 0 Å². The fourth-order valence-electron chi connectivity index (χ4n) is 2.77. The molecule has 110 valence electrons. The van der Waals surface area contributed by atoms with Gasteiger partial charge in [-0.1, -0.05) is 17.7 Å². The number of methoxy groups -OCH3 is 1. The van der Waals surface area contributed by atoms with Gasteiger partial charge in [0, 0.05) is 42.8 Å². The summed E-state index contributed by atoms with van der Waals surface area (Å²) in [6.07, 6.45) is 4.01. The molecule has 2 rings (SSSR count). The predicted molar refractivity (Wildman–Crippen MR) is 84.6 cm³/mol. The van der Waals surface area contributed by atoms with E-state index in [4.69, 9.17) is 16.3 Å². The highest BCUT2D eigenvalue weighted by Gasteiger charge is 2.24. The van der Waals surface area contributed by atoms with Crippen LogP contribution in [-0.2, 0) is 0 Å². The van der Waals surface area contributed by atoms with E-state index < -0.39 is 0 Å². The molecule has 20 heavy (non-hydrogen) atoms. The van der Waals surface area contributed by atoms with Gasteiger partial charge in [0.25, 0.3) is 0 Å². The van der Waals surface area contributed by atoms with Crippen molar-refractivity contribution in [2.24, 2.45) is 0 Å². The van der Waals surface area contributed by atoms with Gasteiger partial charge < -0.3 is 10.1 Å². The molecule has 1 aromatic rings. The van der Waals surface area contributed by atoms with Crippen LogP contribution in [0.15, 0.2) is 30.9 Å². The average molecular weight is 295 g/mol. The summed E-state index contributed by atoms with van der Waals surface area (Å²) in [6.45, 7) is 8.02. The molecule has 0 bridgehead atoms. The molecule has 0 aromatic heterocycles. The first-order chi connectivity index (χ1) is 9.76. The molecule has 0 unspecified atom stereocenters. The molecule has 4 heteroatoms. The number of ether oxygens (including phenoxy) is 1. The van der Waals surface area contributed by atoms with Crippen molar-refractivity contribution in [1.82, 2.24) is 10.2 Å². The summed E-state index contributed by atoms with van der Waals surface area (Å²) >= 11 is 6.18. The summed E-state index contributed by atoms with van der Waals surface area (Å²) in [5.74, 6) is 0.919. The molecule has 1 N–H and O–H groups in total. The Morgan fingerprint density at radius 2 is 2.20 bits per heavy atom. The molecule has 1 aromatic carbocycles. The number of halogens is 1. The van der Waals surface area contributed by atoms with Crippen LogP contribution in [-0.4, -0.2) is 38.2 Å². The second-order valence-corrected chi connectivity index (χ2v) is 5.49. The number of allylic oxidation sites excluding steroid dienone is 1. The van der Waals surface area contributed by atoms with Gasteiger partial charge in [-0.25, -0.2) is 0 Å². The number of benzene rings is 1. The Morgan fingerprint density at radius 3 is 2.85 bits per heavy atom. The Hall–Kier alpha value is -1.03. The van der Waals surface area contributed by atoms with Crippen molar-refractivity contribution in [3.05, 3.63) is 41.4 Å². The van der Waals surface area contributed by atoms with E-state index in [1.54, 1.807) is 7.11 Å². The first-order valence-electron chi connectivity index (χ1n) is 7.15. The molecular formula is C16H23ClN2O. The predicted octanol–water partition coefficient (Wildman–Crippen LogP) is 3.26. The van der Waals surface area contributed by atoms with Crippen molar-refractivity contribution < 1.29 is 4.74 Å². The van der Waals surface area contributed by atoms with Gasteiger partial charge in [-0.05, 0) is 31.0 Å². The standard InChI is InChI=1S/C16H23ClN2O/c1-3-4-5-15(19-10-8-18-9-11-19)14-12-13(17)6-7-16(14)20-2/h3,6-7,12,15,18H,1,4-5,8-11H2,2H3/t15-/m1/s1. The van der Waals surface area contributed by atoms with E-state index in [0.717, 1.165) is 49.8 Å². The number of nitrogens with zero attached hydrogens (tertiary/aromatic N) is 1. The molecule has 0 saturated carbocycles. The zero-order chi connectivity index (χ0) is 14.4. The van der Waals surface area contributed by atoms with E-state index in [2.05, 4.69) is 16.8 Å². The fraction of sp³-hybridized carbons (Fsp3) is 0.500. The fourth-order valence-corrected chi connectivity index (χ4v) is 2.95. The third-order valence-electron chi connectivity index (χ3n) is 3.79. The molecule has 0 radical (unpaired) electrons. The molecule has 0 amide bonds. The Labute approximate surface area is 126 Å². The quantitative estimate of drug-likeness (QED) is 0.815. The third kappa shape index (κ3) is 3.75. The first-order valence-corrected chi connectivity index (χ1v) is 7.53. The highest BCUT2D eigenvalue weighted by atomic mass is 35.5. The zero-order valence-electron chi connectivity index (χ0n) is 12.1. The third-order valence-corrected chi connectivity index (χ3v) is 4.02. The lowest BCUT2D eigenvalue weighted by Crippen LogP contribution is -2.45. The summed E-state index contributed by atoms with van der Waals surface area (Å²) in [5.41, 5.74) is 1.18. The summed E-state index contributed by atoms with van der Waals surface area (Å²) in [7, 11) is 1.72. The summed E-state index contributed by atoms with van der Waals surface area (Å²) < 4.78 is 5.53. The van der Waals surface area contributed by atoms with E-state index in [-0.39, 0.29) is 0 Å². The van der Waals surface area contributed by atoms with Crippen molar-refractivity contribution >= 4 is 11.6 Å². The van der Waals surface area contributed by atoms with Crippen molar-refractivity contribution in [3.63, 3.8) is 0 Å². The lowest BCUT2D eigenvalue weighted by molar-refractivity contribution is 0.163. The van der Waals surface area contributed by atoms with Gasteiger partial charge in [0.05, 0.1) is 7.11 Å². The van der Waals surface area contributed by atoms with Gasteiger partial charge in [-0.15, -0.1) is 6.58 Å². The minimum atomic E-state index is 0.337. The highest BCUT2D eigenvalue weighted by Crippen LogP contribution is 2.34. The molecule has 1 atom stereocenters. The van der Waals surface area contributed by atoms with Crippen LogP contribution >= 0.6 is 11.6 Å². The smallest absolute Gasteiger partial charge is 0.123 e. The van der Waals surface area contributed by atoms with Crippen molar-refractivity contribution in [1.29, 1.82) is 0 Å². The van der Waals surface area contributed by atoms with E-state index >= 15 is 0 Å². The largest absolute Gasteiger partial charge is 0.496 e. The van der Waals surface area contributed by atoms with Crippen LogP contribution in [0.25, 0.3) is 0 Å². The molecule has 1 aliphatic heterocycles. The van der Waals surface area contributed by atoms with Crippen molar-refractivity contribution in [2.75, 3.05) is 33.3 Å². The number of hydrogen-bond donors (Lipinski definition) is 1. The summed E-state index contributed by atoms with van der Waals surface area (Å²) in [6, 6.07) is 6.21. The van der Waals surface area contributed by atoms with Crippen LogP contribution in [0.4, 0.5) is 0 Å². The van der Waals surface area contributed by atoms with Crippen LogP contribution < -0.4 is 10.1 Å². The van der Waals surface area contributed by atoms with Gasteiger partial charge >= 0.3 is 0 Å². The Morgan fingerprint density at radius 1 is 1.45 bits per heavy atom. The molecule has 0 spiro atoms. The second-order valence-electron chi connectivity index (χ2n) is 5.05. The van der Waals surface area contributed by atoms with Gasteiger partial charge in [-0.2, -0.15) is 0 Å². The minimum Gasteiger partial charge on any atom is -0.496 e. The average Bonchev–Trinajstić information content (AvgIpc) is 2.49. The van der Waals surface area contributed by atoms with Gasteiger partial charge in [-0.3, -0.25) is 4.90 Å². The number of hydrogen-bond acceptors (Lipinski definition) is 3. The Bertz CT molecular complexity index is 444. The number of rotatable bonds is 6. The Kier molecular flexibility index (Phi) is 5.89. The molecular weight excluding hydrogens is 272 g/mol. The molecule has 3 nitrogen and oxygen atoms in total. The van der Waals surface area contributed by atoms with E-state index in [1.807, 2.05) is 24.3 Å². The SMILES string of the molecule is C=CCC[C@H](c1cc(Cl)ccc1OC)N1CCNCC1. The molecule has 1 aliphatic rings. The number of nitrogens with one attached hydrogen (secondary N) is 1. The molecule has 1 saturated heterocycles. The monoisotopic (exact) mass is 294 g/mol. The first kappa shape index (κ1) is 15.4. The lowest BCUT2D eigenvalue weighted by atomic mass is 9.98. The van der Waals surface area contributed by atoms with Crippen LogP contribution in [0, 0.1) is 0 Å². The molecule has 1 fully saturated rings. The van der Waals surface area contributed by atoms with Gasteiger partial charge in [0.2, 0.25) is 0 Å². The number of piperazine rings is 1. The summed E-state index contributed by atoms with van der Waals surface area (Å²) in [5, 5.41) is 4.16. The topological polar surface area (TPSA) is 24.5 Å². The van der Waals surface area contributed by atoms with Crippen LogP contribution in [0.2, 0.25) is 5.02 Å². The van der Waals surface area contributed by atoms with E-state index in [9.17, 15) is 0 Å². The minimum absolute atomic E-state index is 0.337. The Balaban J connectivity index is 2.28. The highest BCUT2D eigenvalue weighted by molar-refractivity contribution is 6.30. The normalized spacial score (nSPS) is 17.7. The maximum Gasteiger partial charge on any atom is 0.123 e. The van der Waals surface area contributed by atoms with Gasteiger partial charge in [0.1, 0.15) is 5.75 Å².